The van der Waals surface area contributed by atoms with Crippen LogP contribution in [0.4, 0.5) is 17.5 Å². The van der Waals surface area contributed by atoms with E-state index in [0.29, 0.717) is 33.4 Å². The number of fused-ring (bicyclic) bond motifs is 1. The second kappa shape index (κ2) is 10.3. The lowest BCUT2D eigenvalue weighted by molar-refractivity contribution is 0.0630. The third-order valence-corrected chi connectivity index (χ3v) is 7.25. The summed E-state index contributed by atoms with van der Waals surface area (Å²) >= 11 is 1.33. The second-order valence-electron chi connectivity index (χ2n) is 9.83. The average Bonchev–Trinajstić information content (AvgIpc) is 3.53. The molecule has 0 bridgehead atoms. The highest BCUT2D eigenvalue weighted by Crippen LogP contribution is 2.30. The molecule has 39 heavy (non-hydrogen) atoms. The minimum atomic E-state index is -1.07. The van der Waals surface area contributed by atoms with Crippen molar-refractivity contribution in [3.05, 3.63) is 89.4 Å². The van der Waals surface area contributed by atoms with Crippen molar-refractivity contribution in [2.75, 3.05) is 23.0 Å². The number of nitrogens with two attached hydrogens (primary N) is 1. The zero-order valence-electron chi connectivity index (χ0n) is 21.8. The first-order valence-electron chi connectivity index (χ1n) is 12.3. The number of hydrogen-bond acceptors (Lipinski definition) is 7. The summed E-state index contributed by atoms with van der Waals surface area (Å²) in [5, 5.41) is 13.5. The average molecular weight is 541 g/mol. The molecule has 0 aliphatic rings. The molecule has 0 saturated carbocycles. The third kappa shape index (κ3) is 5.66. The smallest absolute Gasteiger partial charge is 0.268 e. The molecule has 198 valence electrons. The van der Waals surface area contributed by atoms with E-state index in [1.807, 2.05) is 42.5 Å². The zero-order valence-corrected chi connectivity index (χ0v) is 22.6. The first-order valence-corrected chi connectivity index (χ1v) is 13.1. The first kappa shape index (κ1) is 26.1. The maximum absolute atomic E-state index is 13.2. The Kier molecular flexibility index (Phi) is 6.90. The number of hydrogen-bond donors (Lipinski definition) is 3. The topological polar surface area (TPSA) is 126 Å². The van der Waals surface area contributed by atoms with Crippen LogP contribution in [-0.4, -0.2) is 44.1 Å². The molecule has 9 nitrogen and oxygen atoms in total. The van der Waals surface area contributed by atoms with E-state index in [9.17, 15) is 14.7 Å². The van der Waals surface area contributed by atoms with Crippen LogP contribution in [0.3, 0.4) is 0 Å². The van der Waals surface area contributed by atoms with Crippen LogP contribution in [0.1, 0.15) is 33.9 Å². The van der Waals surface area contributed by atoms with Gasteiger partial charge in [-0.2, -0.15) is 0 Å². The first-order chi connectivity index (χ1) is 18.6. The molecule has 3 heterocycles. The molecule has 0 saturated heterocycles. The summed E-state index contributed by atoms with van der Waals surface area (Å²) in [6.07, 6.45) is 1.67. The fourth-order valence-corrected chi connectivity index (χ4v) is 5.08. The van der Waals surface area contributed by atoms with E-state index in [-0.39, 0.29) is 18.4 Å². The van der Waals surface area contributed by atoms with Crippen molar-refractivity contribution >= 4 is 51.6 Å². The van der Waals surface area contributed by atoms with Crippen LogP contribution >= 0.6 is 11.3 Å². The highest BCUT2D eigenvalue weighted by Gasteiger charge is 2.23. The van der Waals surface area contributed by atoms with Crippen LogP contribution in [0.25, 0.3) is 21.5 Å². The number of pyridine rings is 1. The Balaban J connectivity index is 1.45. The minimum Gasteiger partial charge on any atom is -0.389 e. The largest absolute Gasteiger partial charge is 0.389 e. The van der Waals surface area contributed by atoms with E-state index in [1.54, 1.807) is 66.9 Å². The van der Waals surface area contributed by atoms with Gasteiger partial charge in [-0.25, -0.2) is 9.97 Å². The molecule has 0 aliphatic heterocycles. The summed E-state index contributed by atoms with van der Waals surface area (Å²) < 4.78 is 1.77. The molecule has 5 rings (SSSR count). The molecule has 2 aromatic carbocycles. The highest BCUT2D eigenvalue weighted by molar-refractivity contribution is 7.17. The third-order valence-electron chi connectivity index (χ3n) is 6.12. The van der Waals surface area contributed by atoms with Gasteiger partial charge in [0.05, 0.1) is 28.1 Å². The number of carbonyl (C=O) groups is 2. The second-order valence-corrected chi connectivity index (χ2v) is 10.9. The van der Waals surface area contributed by atoms with Crippen molar-refractivity contribution in [3.8, 4) is 10.4 Å². The number of thiophene rings is 1. The van der Waals surface area contributed by atoms with Gasteiger partial charge in [-0.05, 0) is 68.4 Å². The monoisotopic (exact) mass is 540 g/mol. The molecule has 2 amide bonds. The molecule has 0 aliphatic carbocycles. The van der Waals surface area contributed by atoms with Crippen LogP contribution in [0.5, 0.6) is 0 Å². The number of aliphatic hydroxyl groups is 1. The van der Waals surface area contributed by atoms with Gasteiger partial charge in [-0.1, -0.05) is 18.2 Å². The summed E-state index contributed by atoms with van der Waals surface area (Å²) in [6, 6.07) is 21.7. The van der Waals surface area contributed by atoms with E-state index in [1.165, 1.54) is 11.3 Å². The maximum Gasteiger partial charge on any atom is 0.268 e. The van der Waals surface area contributed by atoms with Gasteiger partial charge in [0.2, 0.25) is 5.95 Å². The van der Waals surface area contributed by atoms with Gasteiger partial charge in [0, 0.05) is 34.9 Å². The molecule has 3 aromatic heterocycles. The quantitative estimate of drug-likeness (QED) is 0.265. The molecule has 0 spiro atoms. The van der Waals surface area contributed by atoms with Gasteiger partial charge in [0.15, 0.2) is 0 Å². The fraction of sp³-hybridized carbons (Fsp3) is 0.172. The van der Waals surface area contributed by atoms with Crippen molar-refractivity contribution in [1.82, 2.24) is 14.5 Å². The van der Waals surface area contributed by atoms with Crippen molar-refractivity contribution in [1.29, 1.82) is 0 Å². The summed E-state index contributed by atoms with van der Waals surface area (Å²) in [7, 11) is 1.71. The van der Waals surface area contributed by atoms with Crippen molar-refractivity contribution in [2.24, 2.45) is 0 Å². The lowest BCUT2D eigenvalue weighted by Gasteiger charge is -2.20. The van der Waals surface area contributed by atoms with Crippen LogP contribution in [0.2, 0.25) is 0 Å². The number of imidazole rings is 1. The lowest BCUT2D eigenvalue weighted by atomic mass is 10.1. The Labute approximate surface area is 229 Å². The van der Waals surface area contributed by atoms with Gasteiger partial charge in [0.1, 0.15) is 5.82 Å². The van der Waals surface area contributed by atoms with Crippen molar-refractivity contribution in [2.45, 2.75) is 26.0 Å². The number of benzene rings is 2. The minimum absolute atomic E-state index is 0.149. The lowest BCUT2D eigenvalue weighted by Crippen LogP contribution is -2.27. The van der Waals surface area contributed by atoms with Crippen molar-refractivity contribution in [3.63, 3.8) is 0 Å². The molecular weight excluding hydrogens is 512 g/mol. The number of nitrogen functional groups attached to an aromatic ring is 1. The van der Waals surface area contributed by atoms with E-state index < -0.39 is 5.60 Å². The van der Waals surface area contributed by atoms with Gasteiger partial charge in [-0.3, -0.25) is 14.9 Å². The van der Waals surface area contributed by atoms with Gasteiger partial charge in [-0.15, -0.1) is 11.3 Å². The van der Waals surface area contributed by atoms with Crippen LogP contribution in [-0.2, 0) is 6.54 Å². The molecule has 0 unspecified atom stereocenters. The summed E-state index contributed by atoms with van der Waals surface area (Å²) in [5.74, 6) is 0.260. The van der Waals surface area contributed by atoms with Crippen molar-refractivity contribution < 1.29 is 14.7 Å². The zero-order chi connectivity index (χ0) is 27.7. The Bertz CT molecular complexity index is 1650. The SMILES string of the molecule is CN(C(=O)c1ccccc1)c1ccc2c(c1)nc(NC(=O)c1ccc(-c3ccc(N)nc3)s1)n2CC(C)(C)O. The summed E-state index contributed by atoms with van der Waals surface area (Å²) in [5.41, 5.74) is 8.01. The number of rotatable bonds is 7. The highest BCUT2D eigenvalue weighted by atomic mass is 32.1. The van der Waals surface area contributed by atoms with Crippen LogP contribution < -0.4 is 16.0 Å². The number of nitrogens with one attached hydrogen (secondary N) is 1. The van der Waals surface area contributed by atoms with Crippen LogP contribution in [0.15, 0.2) is 79.0 Å². The van der Waals surface area contributed by atoms with Crippen LogP contribution in [0, 0.1) is 0 Å². The van der Waals surface area contributed by atoms with E-state index in [4.69, 9.17) is 5.73 Å². The summed E-state index contributed by atoms with van der Waals surface area (Å²) in [4.78, 5) is 37.9. The normalized spacial score (nSPS) is 11.5. The number of anilines is 3. The van der Waals surface area contributed by atoms with E-state index in [0.717, 1.165) is 16.0 Å². The van der Waals surface area contributed by atoms with Gasteiger partial charge < -0.3 is 20.3 Å². The molecule has 5 aromatic rings. The Morgan fingerprint density at radius 2 is 1.85 bits per heavy atom. The predicted molar refractivity (Wildman–Crippen MR) is 155 cm³/mol. The molecular formula is C29H28N6O3S. The molecule has 0 radical (unpaired) electrons. The molecule has 0 atom stereocenters. The van der Waals surface area contributed by atoms with Gasteiger partial charge >= 0.3 is 0 Å². The molecule has 0 fully saturated rings. The molecule has 10 heteroatoms. The predicted octanol–water partition coefficient (Wildman–Crippen LogP) is 5.04. The fourth-order valence-electron chi connectivity index (χ4n) is 4.19. The maximum atomic E-state index is 13.2. The summed E-state index contributed by atoms with van der Waals surface area (Å²) in [6.45, 7) is 3.58. The Morgan fingerprint density at radius 3 is 2.54 bits per heavy atom. The van der Waals surface area contributed by atoms with Gasteiger partial charge in [0.25, 0.3) is 11.8 Å². The Hall–Kier alpha value is -4.54. The number of carbonyl (C=O) groups excluding carboxylic acids is 2. The van der Waals surface area contributed by atoms with E-state index >= 15 is 0 Å². The van der Waals surface area contributed by atoms with E-state index in [2.05, 4.69) is 15.3 Å². The Morgan fingerprint density at radius 1 is 1.08 bits per heavy atom. The standard InChI is InChI=1S/C29H28N6O3S/c1-29(2,38)17-35-22-11-10-20(34(3)27(37)18-7-5-4-6-8-18)15-21(22)32-28(35)33-26(36)24-13-12-23(39-24)19-9-14-25(30)31-16-19/h4-16,38H,17H2,1-3H3,(H2,30,31)(H,32,33,36). The number of amides is 2. The number of nitrogens with zero attached hydrogens (tertiary/aromatic N) is 4. The number of aromatic nitrogens is 3. The molecule has 4 N–H and O–H groups in total.